The van der Waals surface area contributed by atoms with Gasteiger partial charge in [0.25, 0.3) is 0 Å². The van der Waals surface area contributed by atoms with Crippen LogP contribution >= 0.6 is 0 Å². The highest BCUT2D eigenvalue weighted by molar-refractivity contribution is 5.28. The summed E-state index contributed by atoms with van der Waals surface area (Å²) < 4.78 is 0. The van der Waals surface area contributed by atoms with Crippen LogP contribution in [0.1, 0.15) is 27.2 Å². The minimum atomic E-state index is -0.702. The molecule has 1 N–H and O–H groups in total. The third kappa shape index (κ3) is 1.71. The van der Waals surface area contributed by atoms with Crippen LogP contribution in [-0.2, 0) is 0 Å². The second kappa shape index (κ2) is 2.24. The minimum Gasteiger partial charge on any atom is -0.382 e. The molecule has 0 aromatic carbocycles. The summed E-state index contributed by atoms with van der Waals surface area (Å²) in [5.74, 6) is 0. The maximum Gasteiger partial charge on any atom is 0.0985 e. The fourth-order valence-corrected chi connectivity index (χ4v) is 1.58. The first-order valence-electron chi connectivity index (χ1n) is 3.59. The predicted octanol–water partition coefficient (Wildman–Crippen LogP) is 2.03. The van der Waals surface area contributed by atoms with E-state index >= 15 is 0 Å². The van der Waals surface area contributed by atoms with Gasteiger partial charge in [0.2, 0.25) is 0 Å². The summed E-state index contributed by atoms with van der Waals surface area (Å²) in [4.78, 5) is 0. The first kappa shape index (κ1) is 7.55. The van der Waals surface area contributed by atoms with Crippen LogP contribution in [0.15, 0.2) is 23.3 Å². The lowest BCUT2D eigenvalue weighted by Crippen LogP contribution is -2.20. The van der Waals surface area contributed by atoms with E-state index in [1.165, 1.54) is 11.1 Å². The van der Waals surface area contributed by atoms with Crippen molar-refractivity contribution in [3.63, 3.8) is 0 Å². The van der Waals surface area contributed by atoms with Crippen LogP contribution in [0.5, 0.6) is 0 Å². The molecule has 1 aliphatic rings. The molecule has 1 heteroatoms. The molecule has 0 unspecified atom stereocenters. The predicted molar refractivity (Wildman–Crippen MR) is 42.8 cm³/mol. The van der Waals surface area contributed by atoms with E-state index in [2.05, 4.69) is 0 Å². The highest BCUT2D eigenvalue weighted by Gasteiger charge is 2.17. The summed E-state index contributed by atoms with van der Waals surface area (Å²) in [5.41, 5.74) is 1.81. The van der Waals surface area contributed by atoms with Crippen molar-refractivity contribution in [1.82, 2.24) is 0 Å². The Kier molecular flexibility index (Phi) is 1.69. The van der Waals surface area contributed by atoms with Gasteiger partial charge >= 0.3 is 0 Å². The van der Waals surface area contributed by atoms with Gasteiger partial charge in [-0.3, -0.25) is 0 Å². The third-order valence-electron chi connectivity index (χ3n) is 1.63. The van der Waals surface area contributed by atoms with Crippen molar-refractivity contribution in [3.05, 3.63) is 23.3 Å². The molecule has 0 heterocycles. The number of rotatable bonds is 0. The van der Waals surface area contributed by atoms with Crippen LogP contribution in [0.3, 0.4) is 0 Å². The summed E-state index contributed by atoms with van der Waals surface area (Å²) in [6, 6.07) is 0. The highest BCUT2D eigenvalue weighted by atomic mass is 16.3. The average Bonchev–Trinajstić information content (AvgIpc) is 1.54. The first-order valence-corrected chi connectivity index (χ1v) is 3.59. The van der Waals surface area contributed by atoms with Crippen molar-refractivity contribution in [2.45, 2.75) is 32.8 Å². The lowest BCUT2D eigenvalue weighted by Gasteiger charge is -2.21. The molecule has 0 amide bonds. The number of allylic oxidation sites excluding steroid dienone is 2. The molecule has 1 rings (SSSR count). The Morgan fingerprint density at radius 2 is 1.70 bits per heavy atom. The molecule has 56 valence electrons. The van der Waals surface area contributed by atoms with Crippen molar-refractivity contribution >= 4 is 0 Å². The molecule has 1 aliphatic carbocycles. The summed E-state index contributed by atoms with van der Waals surface area (Å²) >= 11 is 0. The van der Waals surface area contributed by atoms with Gasteiger partial charge in [-0.1, -0.05) is 23.3 Å². The zero-order chi connectivity index (χ0) is 7.78. The molecule has 0 spiro atoms. The van der Waals surface area contributed by atoms with Crippen molar-refractivity contribution in [2.75, 3.05) is 0 Å². The van der Waals surface area contributed by atoms with Gasteiger partial charge < -0.3 is 5.11 Å². The molecular weight excluding hydrogens is 124 g/mol. The first-order chi connectivity index (χ1) is 4.49. The molecule has 0 saturated carbocycles. The van der Waals surface area contributed by atoms with Crippen molar-refractivity contribution < 1.29 is 5.11 Å². The number of hydrogen-bond acceptors (Lipinski definition) is 1. The van der Waals surface area contributed by atoms with Crippen molar-refractivity contribution in [1.29, 1.82) is 0 Å². The van der Waals surface area contributed by atoms with Crippen LogP contribution in [0.25, 0.3) is 0 Å². The Hall–Kier alpha value is -0.560. The third-order valence-corrected chi connectivity index (χ3v) is 1.63. The second-order valence-corrected chi connectivity index (χ2v) is 3.38. The average molecular weight is 138 g/mol. The molecule has 1 nitrogen and oxygen atoms in total. The SMILES string of the molecule is CC1=CC(C)(O)C=C(C)C1. The van der Waals surface area contributed by atoms with E-state index in [0.717, 1.165) is 6.42 Å². The Morgan fingerprint density at radius 1 is 1.30 bits per heavy atom. The van der Waals surface area contributed by atoms with E-state index in [4.69, 9.17) is 0 Å². The molecule has 0 bridgehead atoms. The van der Waals surface area contributed by atoms with Crippen LogP contribution in [0.2, 0.25) is 0 Å². The molecule has 0 radical (unpaired) electrons. The lowest BCUT2D eigenvalue weighted by atomic mass is 9.91. The van der Waals surface area contributed by atoms with E-state index in [1.807, 2.05) is 26.0 Å². The Bertz CT molecular complexity index is 177. The van der Waals surface area contributed by atoms with E-state index in [1.54, 1.807) is 6.92 Å². The maximum atomic E-state index is 9.56. The molecule has 0 fully saturated rings. The molecule has 0 saturated heterocycles. The normalized spacial score (nSPS) is 23.6. The van der Waals surface area contributed by atoms with Crippen molar-refractivity contribution in [2.24, 2.45) is 0 Å². The topological polar surface area (TPSA) is 20.2 Å². The molecule has 0 atom stereocenters. The minimum absolute atomic E-state index is 0.702. The molecule has 10 heavy (non-hydrogen) atoms. The van der Waals surface area contributed by atoms with E-state index in [0.29, 0.717) is 0 Å². The summed E-state index contributed by atoms with van der Waals surface area (Å²) in [5, 5.41) is 9.56. The van der Waals surface area contributed by atoms with Crippen LogP contribution < -0.4 is 0 Å². The van der Waals surface area contributed by atoms with Gasteiger partial charge in [0, 0.05) is 0 Å². The van der Waals surface area contributed by atoms with Crippen LogP contribution in [0, 0.1) is 0 Å². The van der Waals surface area contributed by atoms with E-state index in [9.17, 15) is 5.11 Å². The number of hydrogen-bond donors (Lipinski definition) is 1. The second-order valence-electron chi connectivity index (χ2n) is 3.38. The smallest absolute Gasteiger partial charge is 0.0985 e. The monoisotopic (exact) mass is 138 g/mol. The molecule has 0 aromatic rings. The van der Waals surface area contributed by atoms with E-state index < -0.39 is 5.60 Å². The Balaban J connectivity index is 2.88. The highest BCUT2D eigenvalue weighted by Crippen LogP contribution is 2.23. The molecule has 0 aliphatic heterocycles. The fraction of sp³-hybridized carbons (Fsp3) is 0.556. The van der Waals surface area contributed by atoms with E-state index in [-0.39, 0.29) is 0 Å². The van der Waals surface area contributed by atoms with Gasteiger partial charge in [0.05, 0.1) is 5.60 Å². The number of aliphatic hydroxyl groups is 1. The lowest BCUT2D eigenvalue weighted by molar-refractivity contribution is 0.160. The molecule has 0 aromatic heterocycles. The Morgan fingerprint density at radius 3 is 2.00 bits per heavy atom. The standard InChI is InChI=1S/C9H14O/c1-7-4-8(2)6-9(3,10)5-7/h5-6,10H,4H2,1-3H3. The maximum absolute atomic E-state index is 9.56. The van der Waals surface area contributed by atoms with Gasteiger partial charge in [-0.2, -0.15) is 0 Å². The fourth-order valence-electron chi connectivity index (χ4n) is 1.58. The van der Waals surface area contributed by atoms with Crippen LogP contribution in [0.4, 0.5) is 0 Å². The summed E-state index contributed by atoms with van der Waals surface area (Å²) in [6.07, 6.45) is 4.82. The zero-order valence-electron chi connectivity index (χ0n) is 6.81. The van der Waals surface area contributed by atoms with Gasteiger partial charge in [-0.25, -0.2) is 0 Å². The zero-order valence-corrected chi connectivity index (χ0v) is 6.81. The van der Waals surface area contributed by atoms with Crippen LogP contribution in [-0.4, -0.2) is 10.7 Å². The molecular formula is C9H14O. The summed E-state index contributed by atoms with van der Waals surface area (Å²) in [7, 11) is 0. The quantitative estimate of drug-likeness (QED) is 0.508. The van der Waals surface area contributed by atoms with Crippen molar-refractivity contribution in [3.8, 4) is 0 Å². The summed E-state index contributed by atoms with van der Waals surface area (Å²) in [6.45, 7) is 5.90. The Labute approximate surface area is 62.1 Å². The van der Waals surface area contributed by atoms with Gasteiger partial charge in [0.1, 0.15) is 0 Å². The largest absolute Gasteiger partial charge is 0.382 e. The van der Waals surface area contributed by atoms with Gasteiger partial charge in [-0.05, 0) is 27.2 Å². The van der Waals surface area contributed by atoms with Gasteiger partial charge in [0.15, 0.2) is 0 Å². The van der Waals surface area contributed by atoms with Gasteiger partial charge in [-0.15, -0.1) is 0 Å².